The first-order chi connectivity index (χ1) is 6.23. The molecule has 0 aromatic rings. The lowest BCUT2D eigenvalue weighted by Gasteiger charge is -2.50. The first-order valence-electron chi connectivity index (χ1n) is 5.63. The summed E-state index contributed by atoms with van der Waals surface area (Å²) in [5.74, 6) is 1.25. The van der Waals surface area contributed by atoms with Crippen molar-refractivity contribution in [3.63, 3.8) is 0 Å². The van der Waals surface area contributed by atoms with Crippen LogP contribution in [0.3, 0.4) is 0 Å². The zero-order chi connectivity index (χ0) is 10.6. The summed E-state index contributed by atoms with van der Waals surface area (Å²) in [6.07, 6.45) is 0. The highest BCUT2D eigenvalue weighted by Gasteiger charge is 2.94. The summed E-state index contributed by atoms with van der Waals surface area (Å²) in [4.78, 5) is 0. The lowest BCUT2D eigenvalue weighted by Crippen LogP contribution is -2.63. The van der Waals surface area contributed by atoms with E-state index in [1.54, 1.807) is 0 Å². The van der Waals surface area contributed by atoms with E-state index in [1.807, 2.05) is 0 Å². The van der Waals surface area contributed by atoms with Crippen LogP contribution >= 0.6 is 0 Å². The summed E-state index contributed by atoms with van der Waals surface area (Å²) in [6, 6.07) is 0. The Kier molecular flexibility index (Phi) is 1.32. The van der Waals surface area contributed by atoms with E-state index in [0.29, 0.717) is 11.6 Å². The normalized spacial score (nSPS) is 60.9. The second-order valence-electron chi connectivity index (χ2n) is 6.27. The van der Waals surface area contributed by atoms with Gasteiger partial charge in [0.1, 0.15) is 58.3 Å². The van der Waals surface area contributed by atoms with Gasteiger partial charge in [-0.3, -0.25) is 0 Å². The molecule has 2 heterocycles. The summed E-state index contributed by atoms with van der Waals surface area (Å²) < 4.78 is 12.0. The van der Waals surface area contributed by atoms with Crippen molar-refractivity contribution < 1.29 is 9.47 Å². The molecule has 2 spiro atoms. The van der Waals surface area contributed by atoms with Crippen LogP contribution in [0.1, 0.15) is 0 Å². The molecule has 68 valence electrons. The van der Waals surface area contributed by atoms with E-state index in [9.17, 15) is 0 Å². The van der Waals surface area contributed by atoms with Gasteiger partial charge in [-0.2, -0.15) is 0 Å². The van der Waals surface area contributed by atoms with Gasteiger partial charge in [0.25, 0.3) is 0 Å². The summed E-state index contributed by atoms with van der Waals surface area (Å²) in [6.45, 7) is 0. The van der Waals surface area contributed by atoms with Gasteiger partial charge in [-0.15, -0.1) is 0 Å². The third-order valence-electron chi connectivity index (χ3n) is 5.12. The van der Waals surface area contributed by atoms with Crippen LogP contribution in [0.4, 0.5) is 0 Å². The minimum Gasteiger partial charge on any atom is -0.379 e. The fraction of sp³-hybridized carbons (Fsp3) is 1.00. The molecule has 0 N–H and O–H groups in total. The van der Waals surface area contributed by atoms with Crippen molar-refractivity contribution in [1.82, 2.24) is 0 Å². The average Bonchev–Trinajstić information content (AvgIpc) is 2.84. The lowest BCUT2D eigenvalue weighted by molar-refractivity contribution is 0.0647. The predicted octanol–water partition coefficient (Wildman–Crippen LogP) is -5.78. The summed E-state index contributed by atoms with van der Waals surface area (Å²) in [5.41, 5.74) is 0.0336. The SMILES string of the molecule is BC1C(B)C2(OC2(B)B)C12OC2(B)B. The van der Waals surface area contributed by atoms with Crippen molar-refractivity contribution in [2.24, 2.45) is 0 Å². The van der Waals surface area contributed by atoms with Gasteiger partial charge in [0.2, 0.25) is 0 Å². The Morgan fingerprint density at radius 3 is 1.07 bits per heavy atom. The number of hydrogen-bond donors (Lipinski definition) is 0. The molecule has 1 saturated carbocycles. The smallest absolute Gasteiger partial charge is 0.135 e. The summed E-state index contributed by atoms with van der Waals surface area (Å²) >= 11 is 0. The van der Waals surface area contributed by atoms with E-state index in [0.717, 1.165) is 0 Å². The largest absolute Gasteiger partial charge is 0.379 e. The van der Waals surface area contributed by atoms with Crippen molar-refractivity contribution in [3.8, 4) is 0 Å². The van der Waals surface area contributed by atoms with E-state index in [2.05, 4.69) is 47.1 Å². The molecule has 4 atom stereocenters. The van der Waals surface area contributed by atoms with Crippen LogP contribution in [0.15, 0.2) is 0 Å². The van der Waals surface area contributed by atoms with Crippen molar-refractivity contribution in [2.45, 2.75) is 33.6 Å². The third-order valence-corrected chi connectivity index (χ3v) is 5.12. The van der Waals surface area contributed by atoms with Crippen molar-refractivity contribution >= 4 is 47.1 Å². The van der Waals surface area contributed by atoms with Gasteiger partial charge < -0.3 is 9.47 Å². The fourth-order valence-electron chi connectivity index (χ4n) is 4.37. The Labute approximate surface area is 90.7 Å². The molecule has 0 bridgehead atoms. The molecular formula is C6H14B6O2. The van der Waals surface area contributed by atoms with E-state index in [4.69, 9.17) is 9.47 Å². The van der Waals surface area contributed by atoms with E-state index in [1.165, 1.54) is 0 Å². The maximum atomic E-state index is 6.00. The minimum atomic E-state index is 0.0168. The molecule has 14 heavy (non-hydrogen) atoms. The highest BCUT2D eigenvalue weighted by Crippen LogP contribution is 2.82. The number of hydrogen-bond acceptors (Lipinski definition) is 2. The van der Waals surface area contributed by atoms with E-state index >= 15 is 0 Å². The monoisotopic (exact) mass is 184 g/mol. The molecule has 2 nitrogen and oxygen atoms in total. The lowest BCUT2D eigenvalue weighted by atomic mass is 9.31. The Balaban J connectivity index is 2.02. The Morgan fingerprint density at radius 1 is 0.714 bits per heavy atom. The van der Waals surface area contributed by atoms with Crippen LogP contribution in [0, 0.1) is 0 Å². The predicted molar refractivity (Wildman–Crippen MR) is 71.9 cm³/mol. The Morgan fingerprint density at radius 2 is 0.929 bits per heavy atom. The van der Waals surface area contributed by atoms with Crippen molar-refractivity contribution in [2.75, 3.05) is 0 Å². The fourth-order valence-corrected chi connectivity index (χ4v) is 4.37. The molecule has 4 unspecified atom stereocenters. The molecule has 1 aliphatic carbocycles. The minimum absolute atomic E-state index is 0.0168. The zero-order valence-corrected chi connectivity index (χ0v) is 9.97. The first kappa shape index (κ1) is 9.53. The summed E-state index contributed by atoms with van der Waals surface area (Å²) in [5, 5.41) is 0.0411. The molecule has 0 aromatic carbocycles. The van der Waals surface area contributed by atoms with Gasteiger partial charge >= 0.3 is 0 Å². The number of rotatable bonds is 0. The Hall–Kier alpha value is 0.310. The number of fused-ring (bicyclic) bond motifs is 1. The van der Waals surface area contributed by atoms with E-state index in [-0.39, 0.29) is 22.0 Å². The summed E-state index contributed by atoms with van der Waals surface area (Å²) in [7, 11) is 13.3. The Bertz CT molecular complexity index is 300. The second kappa shape index (κ2) is 1.93. The van der Waals surface area contributed by atoms with Crippen molar-refractivity contribution in [1.29, 1.82) is 0 Å². The number of epoxide rings is 2. The van der Waals surface area contributed by atoms with Gasteiger partial charge in [-0.05, 0) is 11.6 Å². The molecule has 0 radical (unpaired) electrons. The molecule has 3 rings (SSSR count). The van der Waals surface area contributed by atoms with Crippen LogP contribution in [0.25, 0.3) is 0 Å². The molecular weight excluding hydrogens is 169 g/mol. The molecule has 2 aliphatic heterocycles. The van der Waals surface area contributed by atoms with Crippen LogP contribution in [0.5, 0.6) is 0 Å². The standard InChI is InChI=1S/C6H14B6O2/c7-1-2(8)4(6(11,12)14-4)3(1)5(9,10)13-3/h1-2H,7-12H2. The van der Waals surface area contributed by atoms with E-state index < -0.39 is 0 Å². The van der Waals surface area contributed by atoms with Crippen molar-refractivity contribution in [3.05, 3.63) is 0 Å². The molecule has 0 aromatic heterocycles. The molecule has 3 fully saturated rings. The topological polar surface area (TPSA) is 25.1 Å². The highest BCUT2D eigenvalue weighted by molar-refractivity contribution is 6.48. The maximum Gasteiger partial charge on any atom is 0.135 e. The highest BCUT2D eigenvalue weighted by atomic mass is 16.7. The van der Waals surface area contributed by atoms with Crippen LogP contribution in [-0.4, -0.2) is 69.1 Å². The second-order valence-corrected chi connectivity index (χ2v) is 6.27. The zero-order valence-electron chi connectivity index (χ0n) is 9.97. The molecule has 2 saturated heterocycles. The average molecular weight is 183 g/mol. The van der Waals surface area contributed by atoms with Gasteiger partial charge in [-0.25, -0.2) is 0 Å². The van der Waals surface area contributed by atoms with Crippen LogP contribution in [-0.2, 0) is 9.47 Å². The van der Waals surface area contributed by atoms with Gasteiger partial charge in [0, 0.05) is 10.8 Å². The first-order valence-corrected chi connectivity index (χ1v) is 5.63. The van der Waals surface area contributed by atoms with Crippen LogP contribution in [0.2, 0.25) is 11.6 Å². The molecule has 0 amide bonds. The van der Waals surface area contributed by atoms with Gasteiger partial charge in [0.05, 0.1) is 0 Å². The third kappa shape index (κ3) is 0.598. The molecule has 8 heteroatoms. The quantitative estimate of drug-likeness (QED) is 0.276. The van der Waals surface area contributed by atoms with Gasteiger partial charge in [0.15, 0.2) is 0 Å². The maximum absolute atomic E-state index is 6.00. The van der Waals surface area contributed by atoms with Crippen LogP contribution < -0.4 is 0 Å². The number of ether oxygens (including phenoxy) is 2. The molecule has 3 aliphatic rings. The van der Waals surface area contributed by atoms with Gasteiger partial charge in [-0.1, -0.05) is 0 Å².